The third-order valence-electron chi connectivity index (χ3n) is 2.28. The Morgan fingerprint density at radius 1 is 1.26 bits per heavy atom. The van der Waals surface area contributed by atoms with Crippen LogP contribution in [-0.4, -0.2) is 46.5 Å². The molecule has 1 unspecified atom stereocenters. The van der Waals surface area contributed by atoms with Crippen molar-refractivity contribution < 1.29 is 9.13 Å². The summed E-state index contributed by atoms with van der Waals surface area (Å²) in [4.78, 5) is 12.8. The predicted molar refractivity (Wildman–Crippen MR) is 75.9 cm³/mol. The van der Waals surface area contributed by atoms with Crippen molar-refractivity contribution in [2.75, 3.05) is 28.2 Å². The first kappa shape index (κ1) is 15.3. The molecule has 1 aromatic carbocycles. The summed E-state index contributed by atoms with van der Waals surface area (Å²) in [7, 11) is 5.58. The second-order valence-corrected chi connectivity index (χ2v) is 6.02. The maximum Gasteiger partial charge on any atom is 0.277 e. The highest BCUT2D eigenvalue weighted by atomic mass is 32.2. The van der Waals surface area contributed by atoms with Crippen LogP contribution in [0.2, 0.25) is 0 Å². The number of hydrogen-bond donors (Lipinski definition) is 0. The van der Waals surface area contributed by atoms with Crippen molar-refractivity contribution in [1.29, 1.82) is 0 Å². The van der Waals surface area contributed by atoms with Gasteiger partial charge in [0.15, 0.2) is 0 Å². The van der Waals surface area contributed by atoms with E-state index < -0.39 is 15.9 Å². The van der Waals surface area contributed by atoms with Crippen LogP contribution in [0.5, 0.6) is 0 Å². The van der Waals surface area contributed by atoms with Crippen LogP contribution < -0.4 is 0 Å². The zero-order valence-electron chi connectivity index (χ0n) is 11.4. The number of nitro groups is 1. The summed E-state index contributed by atoms with van der Waals surface area (Å²) in [5, 5.41) is 11.1. The van der Waals surface area contributed by atoms with Gasteiger partial charge in [0.2, 0.25) is 0 Å². The van der Waals surface area contributed by atoms with Crippen LogP contribution in [0.15, 0.2) is 29.3 Å². The minimum atomic E-state index is -1.39. The highest BCUT2D eigenvalue weighted by Crippen LogP contribution is 2.24. The van der Waals surface area contributed by atoms with Crippen molar-refractivity contribution in [3.63, 3.8) is 0 Å². The summed E-state index contributed by atoms with van der Waals surface area (Å²) in [5.41, 5.74) is 0.434. The first-order chi connectivity index (χ1) is 8.82. The number of rotatable bonds is 5. The fourth-order valence-electron chi connectivity index (χ4n) is 1.37. The SMILES string of the molecule is CN(C)/C=C/c1ccc(S(=O)N(C)C)cc1[N+](=O)[O-]. The van der Waals surface area contributed by atoms with Gasteiger partial charge in [-0.25, -0.2) is 8.51 Å². The minimum Gasteiger partial charge on any atom is -0.383 e. The first-order valence-corrected chi connectivity index (χ1v) is 6.66. The quantitative estimate of drug-likeness (QED) is 0.609. The van der Waals surface area contributed by atoms with Crippen molar-refractivity contribution in [2.24, 2.45) is 0 Å². The molecule has 1 atom stereocenters. The monoisotopic (exact) mass is 283 g/mol. The molecule has 0 aromatic heterocycles. The molecule has 0 heterocycles. The molecule has 0 saturated heterocycles. The Morgan fingerprint density at radius 3 is 2.37 bits per heavy atom. The number of nitrogens with zero attached hydrogens (tertiary/aromatic N) is 3. The molecule has 1 aromatic rings. The lowest BCUT2D eigenvalue weighted by atomic mass is 10.2. The van der Waals surface area contributed by atoms with Gasteiger partial charge in [0.25, 0.3) is 5.69 Å². The Bertz CT molecular complexity index is 527. The lowest BCUT2D eigenvalue weighted by Crippen LogP contribution is -2.15. The van der Waals surface area contributed by atoms with E-state index in [-0.39, 0.29) is 5.69 Å². The van der Waals surface area contributed by atoms with E-state index in [2.05, 4.69) is 0 Å². The minimum absolute atomic E-state index is 0.0502. The number of hydrogen-bond acceptors (Lipinski definition) is 4. The molecule has 0 aliphatic carbocycles. The molecule has 0 saturated carbocycles. The smallest absolute Gasteiger partial charge is 0.277 e. The van der Waals surface area contributed by atoms with Gasteiger partial charge in [0, 0.05) is 20.2 Å². The normalized spacial score (nSPS) is 12.9. The van der Waals surface area contributed by atoms with E-state index in [0.717, 1.165) is 0 Å². The molecular formula is C12H17N3O3S. The van der Waals surface area contributed by atoms with Gasteiger partial charge in [0.05, 0.1) is 15.4 Å². The highest BCUT2D eigenvalue weighted by molar-refractivity contribution is 7.82. The standard InChI is InChI=1S/C12H17N3O3S/c1-13(2)8-7-10-5-6-11(19(18)14(3)4)9-12(10)15(16)17/h5-9H,1-4H3/b8-7+. The highest BCUT2D eigenvalue weighted by Gasteiger charge is 2.16. The summed E-state index contributed by atoms with van der Waals surface area (Å²) >= 11 is 0. The van der Waals surface area contributed by atoms with Gasteiger partial charge >= 0.3 is 0 Å². The average Bonchev–Trinajstić information content (AvgIpc) is 2.34. The van der Waals surface area contributed by atoms with Crippen molar-refractivity contribution in [2.45, 2.75) is 4.90 Å². The molecular weight excluding hydrogens is 266 g/mol. The van der Waals surface area contributed by atoms with Crippen molar-refractivity contribution >= 4 is 22.7 Å². The van der Waals surface area contributed by atoms with Gasteiger partial charge in [-0.15, -0.1) is 0 Å². The van der Waals surface area contributed by atoms with E-state index in [1.54, 1.807) is 43.4 Å². The lowest BCUT2D eigenvalue weighted by molar-refractivity contribution is -0.385. The molecule has 6 nitrogen and oxygen atoms in total. The third kappa shape index (κ3) is 4.15. The van der Waals surface area contributed by atoms with Gasteiger partial charge in [-0.2, -0.15) is 0 Å². The predicted octanol–water partition coefficient (Wildman–Crippen LogP) is 1.71. The summed E-state index contributed by atoms with van der Waals surface area (Å²) in [6.07, 6.45) is 3.38. The van der Waals surface area contributed by atoms with Crippen LogP contribution in [-0.2, 0) is 11.0 Å². The van der Waals surface area contributed by atoms with Crippen LogP contribution in [0.4, 0.5) is 5.69 Å². The van der Waals surface area contributed by atoms with Gasteiger partial charge in [-0.3, -0.25) is 10.1 Å². The zero-order chi connectivity index (χ0) is 14.6. The van der Waals surface area contributed by atoms with E-state index in [1.807, 2.05) is 14.1 Å². The molecule has 7 heteroatoms. The summed E-state index contributed by atoms with van der Waals surface area (Å²) in [5.74, 6) is 0. The molecule has 0 N–H and O–H groups in total. The summed E-state index contributed by atoms with van der Waals surface area (Å²) in [6, 6.07) is 4.60. The van der Waals surface area contributed by atoms with Gasteiger partial charge in [-0.1, -0.05) is 0 Å². The van der Waals surface area contributed by atoms with Gasteiger partial charge < -0.3 is 4.90 Å². The fourth-order valence-corrected chi connectivity index (χ4v) is 2.19. The summed E-state index contributed by atoms with van der Waals surface area (Å²) in [6.45, 7) is 0. The molecule has 0 fully saturated rings. The molecule has 0 aliphatic rings. The van der Waals surface area contributed by atoms with Crippen molar-refractivity contribution in [3.05, 3.63) is 40.1 Å². The first-order valence-electron chi connectivity index (χ1n) is 5.55. The average molecular weight is 283 g/mol. The molecule has 0 amide bonds. The zero-order valence-corrected chi connectivity index (χ0v) is 12.2. The fraction of sp³-hybridized carbons (Fsp3) is 0.333. The second kappa shape index (κ2) is 6.44. The Kier molecular flexibility index (Phi) is 5.20. The Morgan fingerprint density at radius 2 is 1.89 bits per heavy atom. The molecule has 19 heavy (non-hydrogen) atoms. The third-order valence-corrected chi connectivity index (χ3v) is 3.60. The molecule has 0 bridgehead atoms. The number of benzene rings is 1. The van der Waals surface area contributed by atoms with E-state index in [4.69, 9.17) is 0 Å². The van der Waals surface area contributed by atoms with Crippen molar-refractivity contribution in [3.8, 4) is 0 Å². The topological polar surface area (TPSA) is 66.7 Å². The molecule has 104 valence electrons. The van der Waals surface area contributed by atoms with Crippen LogP contribution in [0.3, 0.4) is 0 Å². The Balaban J connectivity index is 3.22. The van der Waals surface area contributed by atoms with Crippen molar-refractivity contribution in [1.82, 2.24) is 9.21 Å². The maximum absolute atomic E-state index is 11.9. The van der Waals surface area contributed by atoms with Crippen LogP contribution in [0, 0.1) is 10.1 Å². The summed E-state index contributed by atoms with van der Waals surface area (Å²) < 4.78 is 13.4. The molecule has 0 spiro atoms. The van der Waals surface area contributed by atoms with E-state index >= 15 is 0 Å². The second-order valence-electron chi connectivity index (χ2n) is 4.32. The van der Waals surface area contributed by atoms with Crippen LogP contribution in [0.1, 0.15) is 5.56 Å². The van der Waals surface area contributed by atoms with E-state index in [0.29, 0.717) is 10.5 Å². The largest absolute Gasteiger partial charge is 0.383 e. The van der Waals surface area contributed by atoms with Crippen LogP contribution in [0.25, 0.3) is 6.08 Å². The van der Waals surface area contributed by atoms with E-state index in [1.165, 1.54) is 10.4 Å². The van der Waals surface area contributed by atoms with Crippen LogP contribution >= 0.6 is 0 Å². The molecule has 0 aliphatic heterocycles. The number of nitro benzene ring substituents is 1. The van der Waals surface area contributed by atoms with Gasteiger partial charge in [-0.05, 0) is 38.5 Å². The Labute approximate surface area is 115 Å². The lowest BCUT2D eigenvalue weighted by Gasteiger charge is -2.09. The molecule has 0 radical (unpaired) electrons. The Hall–Kier alpha value is -1.73. The molecule has 1 rings (SSSR count). The maximum atomic E-state index is 11.9. The van der Waals surface area contributed by atoms with E-state index in [9.17, 15) is 14.3 Å². The van der Waals surface area contributed by atoms with Gasteiger partial charge in [0.1, 0.15) is 11.0 Å².